The van der Waals surface area contributed by atoms with Gasteiger partial charge >= 0.3 is 0 Å². The van der Waals surface area contributed by atoms with E-state index in [1.165, 1.54) is 25.2 Å². The van der Waals surface area contributed by atoms with Crippen LogP contribution < -0.4 is 5.32 Å². The first-order valence-corrected chi connectivity index (χ1v) is 11.8. The van der Waals surface area contributed by atoms with E-state index in [0.717, 1.165) is 23.4 Å². The molecule has 0 radical (unpaired) electrons. The van der Waals surface area contributed by atoms with Gasteiger partial charge in [-0.3, -0.25) is 15.0 Å². The van der Waals surface area contributed by atoms with Gasteiger partial charge in [-0.25, -0.2) is 9.97 Å². The Bertz CT molecular complexity index is 962. The van der Waals surface area contributed by atoms with Crippen LogP contribution in [0.3, 0.4) is 0 Å². The van der Waals surface area contributed by atoms with Gasteiger partial charge in [0.05, 0.1) is 30.4 Å². The third kappa shape index (κ3) is 9.97. The zero-order valence-electron chi connectivity index (χ0n) is 22.2. The lowest BCUT2D eigenvalue weighted by atomic mass is 10.2. The maximum absolute atomic E-state index is 13.5. The van der Waals surface area contributed by atoms with Crippen LogP contribution in [-0.4, -0.2) is 46.6 Å². The van der Waals surface area contributed by atoms with Crippen LogP contribution in [0.1, 0.15) is 64.3 Å². The van der Waals surface area contributed by atoms with Crippen LogP contribution in [0.2, 0.25) is 0 Å². The molecule has 0 saturated heterocycles. The number of ether oxygens (including phenoxy) is 1. The van der Waals surface area contributed by atoms with Crippen molar-refractivity contribution in [3.63, 3.8) is 0 Å². The Balaban J connectivity index is 0.00000105. The monoisotopic (exact) mass is 475 g/mol. The second kappa shape index (κ2) is 17.6. The highest BCUT2D eigenvalue weighted by Crippen LogP contribution is 2.21. The van der Waals surface area contributed by atoms with Gasteiger partial charge in [0.2, 0.25) is 5.95 Å². The summed E-state index contributed by atoms with van der Waals surface area (Å²) in [4.78, 5) is 19.8. The molecule has 1 aromatic carbocycles. The molecule has 0 amide bonds. The second-order valence-electron chi connectivity index (χ2n) is 7.38. The first-order chi connectivity index (χ1) is 16.3. The van der Waals surface area contributed by atoms with Crippen LogP contribution in [0.15, 0.2) is 36.4 Å². The van der Waals surface area contributed by atoms with Crippen LogP contribution in [0.25, 0.3) is 11.0 Å². The quantitative estimate of drug-likeness (QED) is 0.281. The van der Waals surface area contributed by atoms with Gasteiger partial charge in [-0.15, -0.1) is 0 Å². The molecule has 0 aliphatic rings. The number of pyridine rings is 1. The molecular weight excluding hydrogens is 433 g/mol. The number of carbonyl (C=O) groups excluding carboxylic acids is 1. The molecule has 1 atom stereocenters. The smallest absolute Gasteiger partial charge is 0.292 e. The first-order valence-electron chi connectivity index (χ1n) is 11.8. The minimum Gasteiger partial charge on any atom is -0.471 e. The molecule has 2 aromatic heterocycles. The topological polar surface area (TPSA) is 72.3 Å². The summed E-state index contributed by atoms with van der Waals surface area (Å²) in [5.41, 5.74) is 3.98. The Labute approximate surface area is 204 Å². The van der Waals surface area contributed by atoms with E-state index in [0.29, 0.717) is 18.7 Å². The molecule has 0 aliphatic carbocycles. The van der Waals surface area contributed by atoms with Crippen LogP contribution in [0, 0.1) is 12.9 Å². The SMILES string of the molecule is CC.CCC.CCNC(c1cccc(F)n1)N(C)Cc1nc2ccc(C)cc2n1C.COC=O. The normalized spacial score (nSPS) is 10.8. The number of rotatable bonds is 7. The van der Waals surface area contributed by atoms with Crippen LogP contribution in [0.4, 0.5) is 4.39 Å². The number of aryl methyl sites for hydroxylation is 2. The summed E-state index contributed by atoms with van der Waals surface area (Å²) in [7, 11) is 5.33. The Morgan fingerprint density at radius 3 is 2.32 bits per heavy atom. The summed E-state index contributed by atoms with van der Waals surface area (Å²) >= 11 is 0. The highest BCUT2D eigenvalue weighted by atomic mass is 19.1. The molecule has 0 saturated carbocycles. The fraction of sp³-hybridized carbons (Fsp3) is 0.500. The molecule has 7 nitrogen and oxygen atoms in total. The number of hydrogen-bond acceptors (Lipinski definition) is 6. The molecule has 190 valence electrons. The third-order valence-corrected chi connectivity index (χ3v) is 4.47. The van der Waals surface area contributed by atoms with E-state index < -0.39 is 5.95 Å². The summed E-state index contributed by atoms with van der Waals surface area (Å²) in [5, 5.41) is 3.37. The van der Waals surface area contributed by atoms with E-state index in [1.54, 1.807) is 6.07 Å². The molecular formula is C26H42FN5O2. The molecule has 3 rings (SSSR count). The molecule has 2 heterocycles. The first kappa shape index (κ1) is 31.2. The van der Waals surface area contributed by atoms with Gasteiger partial charge in [-0.1, -0.05) is 53.2 Å². The average Bonchev–Trinajstić information content (AvgIpc) is 3.13. The fourth-order valence-corrected chi connectivity index (χ4v) is 3.06. The molecule has 0 bridgehead atoms. The lowest BCUT2D eigenvalue weighted by Crippen LogP contribution is -2.36. The maximum atomic E-state index is 13.5. The lowest BCUT2D eigenvalue weighted by Gasteiger charge is -2.28. The van der Waals surface area contributed by atoms with Crippen molar-refractivity contribution < 1.29 is 13.9 Å². The number of benzene rings is 1. The van der Waals surface area contributed by atoms with E-state index in [2.05, 4.69) is 57.4 Å². The number of methoxy groups -OCH3 is 1. The lowest BCUT2D eigenvalue weighted by molar-refractivity contribution is -0.126. The average molecular weight is 476 g/mol. The Hall–Kier alpha value is -2.84. The fourth-order valence-electron chi connectivity index (χ4n) is 3.06. The van der Waals surface area contributed by atoms with E-state index >= 15 is 0 Å². The Morgan fingerprint density at radius 1 is 1.18 bits per heavy atom. The zero-order valence-corrected chi connectivity index (χ0v) is 22.2. The molecule has 0 fully saturated rings. The third-order valence-electron chi connectivity index (χ3n) is 4.47. The molecule has 34 heavy (non-hydrogen) atoms. The molecule has 3 aromatic rings. The second-order valence-corrected chi connectivity index (χ2v) is 7.38. The van der Waals surface area contributed by atoms with Crippen molar-refractivity contribution >= 4 is 17.5 Å². The number of nitrogens with zero attached hydrogens (tertiary/aromatic N) is 4. The van der Waals surface area contributed by atoms with Crippen molar-refractivity contribution in [2.24, 2.45) is 7.05 Å². The summed E-state index contributed by atoms with van der Waals surface area (Å²) in [6, 6.07) is 11.1. The number of nitrogens with one attached hydrogen (secondary N) is 1. The number of imidazole rings is 1. The standard InChI is InChI=1S/C19H24FN5.C3H8.C2H4O2.C2H6/c1-5-21-19(15-7-6-8-17(20)22-15)24(3)12-18-23-14-10-9-13(2)11-16(14)25(18)4;1-3-2;1-4-2-3;1-2/h6-11,19,21H,5,12H2,1-4H3;3H2,1-2H3;2H,1H3;1-2H3. The maximum Gasteiger partial charge on any atom is 0.292 e. The van der Waals surface area contributed by atoms with E-state index in [9.17, 15) is 4.39 Å². The zero-order chi connectivity index (χ0) is 26.1. The highest BCUT2D eigenvalue weighted by molar-refractivity contribution is 5.76. The Kier molecular flexibility index (Phi) is 16.1. The summed E-state index contributed by atoms with van der Waals surface area (Å²) in [6.07, 6.45) is 1.07. The van der Waals surface area contributed by atoms with E-state index in [-0.39, 0.29) is 6.17 Å². The highest BCUT2D eigenvalue weighted by Gasteiger charge is 2.20. The van der Waals surface area contributed by atoms with E-state index in [1.807, 2.05) is 47.0 Å². The van der Waals surface area contributed by atoms with Crippen molar-refractivity contribution in [3.8, 4) is 0 Å². The van der Waals surface area contributed by atoms with Crippen LogP contribution in [-0.2, 0) is 23.1 Å². The summed E-state index contributed by atoms with van der Waals surface area (Å²) in [6.45, 7) is 14.1. The van der Waals surface area contributed by atoms with Gasteiger partial charge < -0.3 is 9.30 Å². The molecule has 8 heteroatoms. The van der Waals surface area contributed by atoms with Crippen LogP contribution >= 0.6 is 0 Å². The molecule has 1 N–H and O–H groups in total. The molecule has 0 aliphatic heterocycles. The molecule has 1 unspecified atom stereocenters. The number of carbonyl (C=O) groups is 1. The van der Waals surface area contributed by atoms with Crippen molar-refractivity contribution in [1.29, 1.82) is 0 Å². The van der Waals surface area contributed by atoms with Gasteiger partial charge in [0.15, 0.2) is 0 Å². The number of aromatic nitrogens is 3. The van der Waals surface area contributed by atoms with Gasteiger partial charge in [0.25, 0.3) is 6.47 Å². The van der Waals surface area contributed by atoms with Gasteiger partial charge in [0.1, 0.15) is 12.0 Å². The predicted molar refractivity (Wildman–Crippen MR) is 138 cm³/mol. The predicted octanol–water partition coefficient (Wildman–Crippen LogP) is 5.39. The van der Waals surface area contributed by atoms with Crippen molar-refractivity contribution in [1.82, 2.24) is 24.8 Å². The van der Waals surface area contributed by atoms with Gasteiger partial charge in [-0.2, -0.15) is 4.39 Å². The van der Waals surface area contributed by atoms with Crippen molar-refractivity contribution in [3.05, 3.63) is 59.4 Å². The Morgan fingerprint density at radius 2 is 1.79 bits per heavy atom. The number of halogens is 1. The van der Waals surface area contributed by atoms with Crippen molar-refractivity contribution in [2.75, 3.05) is 20.7 Å². The largest absolute Gasteiger partial charge is 0.471 e. The number of fused-ring (bicyclic) bond motifs is 1. The summed E-state index contributed by atoms with van der Waals surface area (Å²) in [5.74, 6) is 0.495. The molecule has 0 spiro atoms. The minimum atomic E-state index is -0.466. The minimum absolute atomic E-state index is 0.178. The number of hydrogen-bond donors (Lipinski definition) is 1. The van der Waals surface area contributed by atoms with E-state index in [4.69, 9.17) is 9.78 Å². The van der Waals surface area contributed by atoms with Gasteiger partial charge in [-0.05, 0) is 50.3 Å². The van der Waals surface area contributed by atoms with Crippen LogP contribution in [0.5, 0.6) is 0 Å². The summed E-state index contributed by atoms with van der Waals surface area (Å²) < 4.78 is 19.5. The van der Waals surface area contributed by atoms with Crippen molar-refractivity contribution in [2.45, 2.75) is 60.7 Å². The van der Waals surface area contributed by atoms with Gasteiger partial charge in [0, 0.05) is 7.05 Å².